The Hall–Kier alpha value is -1.97. The molecule has 1 aliphatic heterocycles. The largest absolute Gasteiger partial charge is 0.387 e. The van der Waals surface area contributed by atoms with Crippen LogP contribution in [-0.2, 0) is 11.8 Å². The van der Waals surface area contributed by atoms with Gasteiger partial charge in [-0.25, -0.2) is 4.57 Å². The second kappa shape index (κ2) is 5.59. The lowest BCUT2D eigenvalue weighted by atomic mass is 10.0. The van der Waals surface area contributed by atoms with Crippen LogP contribution in [0.4, 0.5) is 5.95 Å². The van der Waals surface area contributed by atoms with Crippen LogP contribution in [0.2, 0.25) is 0 Å². The fourth-order valence-corrected chi connectivity index (χ4v) is 3.07. The molecule has 9 nitrogen and oxygen atoms in total. The molecule has 3 rings (SSSR count). The first-order chi connectivity index (χ1) is 10.8. The fourth-order valence-electron chi connectivity index (χ4n) is 3.07. The summed E-state index contributed by atoms with van der Waals surface area (Å²) in [6, 6.07) is 0. The van der Waals surface area contributed by atoms with Crippen molar-refractivity contribution in [2.45, 2.75) is 44.8 Å². The van der Waals surface area contributed by atoms with Gasteiger partial charge in [0.05, 0.1) is 13.2 Å². The summed E-state index contributed by atoms with van der Waals surface area (Å²) in [5, 5.41) is 20.6. The van der Waals surface area contributed by atoms with E-state index in [0.717, 1.165) is 0 Å². The maximum Gasteiger partial charge on any atom is 0.313 e. The second-order valence-corrected chi connectivity index (χ2v) is 6.43. The van der Waals surface area contributed by atoms with Gasteiger partial charge >= 0.3 is 5.65 Å². The highest BCUT2D eigenvalue weighted by Gasteiger charge is 2.46. The lowest BCUT2D eigenvalue weighted by Crippen LogP contribution is -2.46. The van der Waals surface area contributed by atoms with E-state index in [1.165, 1.54) is 4.57 Å². The van der Waals surface area contributed by atoms with Crippen LogP contribution in [0.15, 0.2) is 11.1 Å². The molecule has 1 aliphatic rings. The minimum absolute atomic E-state index is 0.0192. The zero-order valence-corrected chi connectivity index (χ0v) is 13.3. The molecule has 0 saturated carbocycles. The normalized spacial score (nSPS) is 28.1. The number of hydrogen-bond acceptors (Lipinski definition) is 6. The SMILES string of the molecule is CC(C)C[C@@H]1O[C@H]([n+]2cn(C)c3c(=O)[nH]c(N)nc32)C(O)[C@@H]1O. The number of nitrogens with zero attached hydrogens (tertiary/aromatic N) is 3. The number of aliphatic hydroxyl groups is 2. The van der Waals surface area contributed by atoms with Crippen LogP contribution >= 0.6 is 0 Å². The number of rotatable bonds is 3. The number of aromatic nitrogens is 4. The fraction of sp³-hybridized carbons (Fsp3) is 0.643. The Bertz CT molecular complexity index is 783. The molecule has 0 spiro atoms. The molecule has 3 heterocycles. The van der Waals surface area contributed by atoms with Crippen molar-refractivity contribution in [1.29, 1.82) is 0 Å². The van der Waals surface area contributed by atoms with Gasteiger partial charge in [0.2, 0.25) is 11.7 Å². The van der Waals surface area contributed by atoms with E-state index in [1.807, 2.05) is 13.8 Å². The zero-order chi connectivity index (χ0) is 16.9. The summed E-state index contributed by atoms with van der Waals surface area (Å²) in [4.78, 5) is 18.6. The Morgan fingerprint density at radius 1 is 1.48 bits per heavy atom. The maximum absolute atomic E-state index is 12.0. The highest BCUT2D eigenvalue weighted by atomic mass is 16.6. The van der Waals surface area contributed by atoms with Crippen LogP contribution in [0.3, 0.4) is 0 Å². The Morgan fingerprint density at radius 3 is 2.83 bits per heavy atom. The third kappa shape index (κ3) is 2.60. The average Bonchev–Trinajstić information content (AvgIpc) is 2.90. The van der Waals surface area contributed by atoms with Gasteiger partial charge in [-0.05, 0) is 12.3 Å². The van der Waals surface area contributed by atoms with Crippen LogP contribution < -0.4 is 15.9 Å². The standard InChI is InChI=1S/C14H21N5O4/c1-6(2)4-7-9(20)10(21)13(23-7)19-5-18(3)8-11(19)16-14(15)17-12(8)22/h5-7,9-10,13,20-21H,4H2,1-3H3,(H2-,15,16,17,22)/p+1/t7-,9+,10?,13-/m0/s1. The van der Waals surface area contributed by atoms with E-state index in [0.29, 0.717) is 23.5 Å². The molecule has 9 heteroatoms. The lowest BCUT2D eigenvalue weighted by molar-refractivity contribution is -0.745. The number of anilines is 1. The summed E-state index contributed by atoms with van der Waals surface area (Å²) in [5.74, 6) is 0.295. The molecule has 23 heavy (non-hydrogen) atoms. The molecule has 2 aromatic heterocycles. The predicted octanol–water partition coefficient (Wildman–Crippen LogP) is -1.20. The smallest absolute Gasteiger partial charge is 0.313 e. The average molecular weight is 324 g/mol. The van der Waals surface area contributed by atoms with E-state index in [1.54, 1.807) is 17.9 Å². The van der Waals surface area contributed by atoms with Crippen molar-refractivity contribution in [2.24, 2.45) is 13.0 Å². The summed E-state index contributed by atoms with van der Waals surface area (Å²) >= 11 is 0. The molecular weight excluding hydrogens is 302 g/mol. The third-order valence-electron chi connectivity index (χ3n) is 4.10. The number of aryl methyl sites for hydroxylation is 1. The second-order valence-electron chi connectivity index (χ2n) is 6.43. The number of ether oxygens (including phenoxy) is 1. The number of nitrogens with two attached hydrogens (primary N) is 1. The molecule has 0 radical (unpaired) electrons. The van der Waals surface area contributed by atoms with E-state index in [-0.39, 0.29) is 11.5 Å². The monoisotopic (exact) mass is 324 g/mol. The zero-order valence-electron chi connectivity index (χ0n) is 13.3. The van der Waals surface area contributed by atoms with E-state index >= 15 is 0 Å². The number of fused-ring (bicyclic) bond motifs is 1. The van der Waals surface area contributed by atoms with Crippen LogP contribution in [-0.4, -0.2) is 43.1 Å². The Labute approximate surface area is 132 Å². The molecule has 0 amide bonds. The quantitative estimate of drug-likeness (QED) is 0.525. The van der Waals surface area contributed by atoms with Crippen LogP contribution in [0, 0.1) is 5.92 Å². The minimum atomic E-state index is -1.11. The minimum Gasteiger partial charge on any atom is -0.387 e. The van der Waals surface area contributed by atoms with E-state index in [9.17, 15) is 15.0 Å². The van der Waals surface area contributed by atoms with E-state index in [2.05, 4.69) is 9.97 Å². The van der Waals surface area contributed by atoms with Gasteiger partial charge in [0.15, 0.2) is 6.33 Å². The number of aliphatic hydroxyl groups excluding tert-OH is 2. The molecule has 1 unspecified atom stereocenters. The van der Waals surface area contributed by atoms with Crippen molar-refractivity contribution in [1.82, 2.24) is 14.5 Å². The molecule has 0 bridgehead atoms. The van der Waals surface area contributed by atoms with E-state index in [4.69, 9.17) is 10.5 Å². The Balaban J connectivity index is 2.05. The summed E-state index contributed by atoms with van der Waals surface area (Å²) < 4.78 is 8.96. The topological polar surface area (TPSA) is 130 Å². The Kier molecular flexibility index (Phi) is 3.86. The van der Waals surface area contributed by atoms with Gasteiger partial charge in [-0.15, -0.1) is 0 Å². The first kappa shape index (κ1) is 15.9. The highest BCUT2D eigenvalue weighted by molar-refractivity contribution is 5.67. The van der Waals surface area contributed by atoms with Gasteiger partial charge in [-0.2, -0.15) is 0 Å². The van der Waals surface area contributed by atoms with Gasteiger partial charge in [-0.1, -0.05) is 18.8 Å². The summed E-state index contributed by atoms with van der Waals surface area (Å²) in [6.45, 7) is 4.03. The van der Waals surface area contributed by atoms with Crippen molar-refractivity contribution in [3.63, 3.8) is 0 Å². The lowest BCUT2D eigenvalue weighted by Gasteiger charge is -2.15. The molecule has 1 saturated heterocycles. The van der Waals surface area contributed by atoms with Gasteiger partial charge in [0, 0.05) is 0 Å². The summed E-state index contributed by atoms with van der Waals surface area (Å²) in [5.41, 5.74) is 5.86. The molecule has 0 aromatic carbocycles. The Morgan fingerprint density at radius 2 is 2.17 bits per heavy atom. The molecule has 1 fully saturated rings. The number of nitrogens with one attached hydrogen (secondary N) is 1. The highest BCUT2D eigenvalue weighted by Crippen LogP contribution is 2.30. The van der Waals surface area contributed by atoms with Gasteiger partial charge in [0.1, 0.15) is 12.2 Å². The molecule has 0 aliphatic carbocycles. The molecule has 126 valence electrons. The van der Waals surface area contributed by atoms with Crippen LogP contribution in [0.1, 0.15) is 26.5 Å². The number of imidazole rings is 1. The molecule has 4 atom stereocenters. The third-order valence-corrected chi connectivity index (χ3v) is 4.10. The first-order valence-corrected chi connectivity index (χ1v) is 7.57. The van der Waals surface area contributed by atoms with Gasteiger partial charge < -0.3 is 20.7 Å². The number of H-pyrrole nitrogens is 1. The number of hydrogen-bond donors (Lipinski definition) is 4. The van der Waals surface area contributed by atoms with Gasteiger partial charge in [0.25, 0.3) is 11.5 Å². The van der Waals surface area contributed by atoms with Crippen LogP contribution in [0.25, 0.3) is 11.2 Å². The molecule has 5 N–H and O–H groups in total. The van der Waals surface area contributed by atoms with Crippen molar-refractivity contribution in [2.75, 3.05) is 5.73 Å². The van der Waals surface area contributed by atoms with Crippen molar-refractivity contribution >= 4 is 17.1 Å². The summed E-state index contributed by atoms with van der Waals surface area (Å²) in [6.07, 6.45) is -1.19. The predicted molar refractivity (Wildman–Crippen MR) is 81.3 cm³/mol. The van der Waals surface area contributed by atoms with Crippen LogP contribution in [0.5, 0.6) is 0 Å². The van der Waals surface area contributed by atoms with Crippen molar-refractivity contribution < 1.29 is 19.5 Å². The van der Waals surface area contributed by atoms with Crippen molar-refractivity contribution in [3.8, 4) is 0 Å². The first-order valence-electron chi connectivity index (χ1n) is 7.57. The summed E-state index contributed by atoms with van der Waals surface area (Å²) in [7, 11) is 1.69. The maximum atomic E-state index is 12.0. The molecule has 2 aromatic rings. The van der Waals surface area contributed by atoms with Gasteiger partial charge in [-0.3, -0.25) is 14.3 Å². The molecular formula is C14H22N5O4+. The van der Waals surface area contributed by atoms with Crippen molar-refractivity contribution in [3.05, 3.63) is 16.7 Å². The van der Waals surface area contributed by atoms with E-state index < -0.39 is 24.5 Å². The number of aromatic amines is 1. The number of nitrogen functional groups attached to an aromatic ring is 1.